The Morgan fingerprint density at radius 3 is 2.26 bits per heavy atom. The Bertz CT molecular complexity index is 1160. The summed E-state index contributed by atoms with van der Waals surface area (Å²) in [5.41, 5.74) is 1.58. The number of benzene rings is 2. The summed E-state index contributed by atoms with van der Waals surface area (Å²) >= 11 is 0. The highest BCUT2D eigenvalue weighted by Crippen LogP contribution is 2.36. The van der Waals surface area contributed by atoms with Crippen LogP contribution >= 0.6 is 0 Å². The molecule has 2 aromatic rings. The highest BCUT2D eigenvalue weighted by atomic mass is 16.5. The molecule has 0 spiro atoms. The monoisotopic (exact) mass is 474 g/mol. The quantitative estimate of drug-likeness (QED) is 0.273. The number of likely N-dealkylation sites (tertiary alicyclic amines) is 1. The Morgan fingerprint density at radius 1 is 0.971 bits per heavy atom. The number of esters is 1. The number of amides is 3. The molecule has 4 rings (SSSR count). The molecule has 0 unspecified atom stereocenters. The van der Waals surface area contributed by atoms with E-state index in [1.54, 1.807) is 42.5 Å². The number of nitrogens with zero attached hydrogens (tertiary/aromatic N) is 1. The second kappa shape index (κ2) is 10.5. The van der Waals surface area contributed by atoms with Crippen molar-refractivity contribution in [3.8, 4) is 0 Å². The lowest BCUT2D eigenvalue weighted by Crippen LogP contribution is -2.48. The van der Waals surface area contributed by atoms with Gasteiger partial charge in [-0.25, -0.2) is 4.79 Å². The summed E-state index contributed by atoms with van der Waals surface area (Å²) in [7, 11) is 0. The van der Waals surface area contributed by atoms with Crippen molar-refractivity contribution in [2.75, 3.05) is 11.9 Å². The van der Waals surface area contributed by atoms with Crippen LogP contribution in [0.15, 0.2) is 66.7 Å². The fourth-order valence-corrected chi connectivity index (χ4v) is 4.50. The average molecular weight is 475 g/mol. The highest BCUT2D eigenvalue weighted by Gasteiger charge is 2.51. The van der Waals surface area contributed by atoms with Gasteiger partial charge in [0.05, 0.1) is 11.8 Å². The normalized spacial score (nSPS) is 19.7. The minimum Gasteiger partial charge on any atom is -0.454 e. The predicted octanol–water partition coefficient (Wildman–Crippen LogP) is 2.93. The standard InChI is InChI=1S/C27H26N2O6/c1-17(30)19-10-7-11-20(15-19)28-24(31)16-35-27(34)23(14-18-8-3-2-4-9-18)29-25(32)21-12-5-6-13-22(21)26(29)33/h2-11,15,21-23H,12-14,16H2,1H3,(H,28,31)/t21-,22+,23-/m1/s1. The third-order valence-electron chi connectivity index (χ3n) is 6.30. The zero-order valence-electron chi connectivity index (χ0n) is 19.3. The second-order valence-electron chi connectivity index (χ2n) is 8.70. The van der Waals surface area contributed by atoms with Crippen LogP contribution in [-0.4, -0.2) is 47.0 Å². The van der Waals surface area contributed by atoms with Gasteiger partial charge in [0.15, 0.2) is 12.4 Å². The van der Waals surface area contributed by atoms with Gasteiger partial charge in [-0.15, -0.1) is 0 Å². The summed E-state index contributed by atoms with van der Waals surface area (Å²) in [6.07, 6.45) is 4.77. The molecule has 8 heteroatoms. The molecule has 1 saturated heterocycles. The van der Waals surface area contributed by atoms with Crippen LogP contribution in [-0.2, 0) is 30.3 Å². The van der Waals surface area contributed by atoms with Crippen LogP contribution in [0.3, 0.4) is 0 Å². The van der Waals surface area contributed by atoms with Crippen molar-refractivity contribution in [2.24, 2.45) is 11.8 Å². The van der Waals surface area contributed by atoms with E-state index < -0.39 is 36.4 Å². The molecule has 1 heterocycles. The van der Waals surface area contributed by atoms with E-state index >= 15 is 0 Å². The SMILES string of the molecule is CC(=O)c1cccc(NC(=O)COC(=O)[C@@H](Cc2ccccc2)N2C(=O)[C@H]3CC=CC[C@H]3C2=O)c1. The van der Waals surface area contributed by atoms with E-state index in [4.69, 9.17) is 4.74 Å². The van der Waals surface area contributed by atoms with Crippen LogP contribution in [0, 0.1) is 11.8 Å². The number of hydrogen-bond donors (Lipinski definition) is 1. The highest BCUT2D eigenvalue weighted by molar-refractivity contribution is 6.08. The number of rotatable bonds is 8. The van der Waals surface area contributed by atoms with Gasteiger partial charge in [-0.3, -0.25) is 24.1 Å². The molecule has 3 atom stereocenters. The molecule has 0 saturated carbocycles. The Morgan fingerprint density at radius 2 is 1.63 bits per heavy atom. The third kappa shape index (κ3) is 5.37. The zero-order valence-corrected chi connectivity index (χ0v) is 19.3. The molecule has 0 radical (unpaired) electrons. The lowest BCUT2D eigenvalue weighted by molar-refractivity contribution is -0.159. The minimum absolute atomic E-state index is 0.0896. The molecular formula is C27H26N2O6. The first-order valence-electron chi connectivity index (χ1n) is 11.5. The van der Waals surface area contributed by atoms with E-state index in [0.717, 1.165) is 10.5 Å². The third-order valence-corrected chi connectivity index (χ3v) is 6.30. The predicted molar refractivity (Wildman–Crippen MR) is 127 cm³/mol. The van der Waals surface area contributed by atoms with Crippen LogP contribution in [0.25, 0.3) is 0 Å². The van der Waals surface area contributed by atoms with E-state index in [1.807, 2.05) is 18.2 Å². The van der Waals surface area contributed by atoms with Gasteiger partial charge in [-0.2, -0.15) is 0 Å². The number of fused-ring (bicyclic) bond motifs is 1. The first-order chi connectivity index (χ1) is 16.8. The van der Waals surface area contributed by atoms with Gasteiger partial charge in [0, 0.05) is 17.7 Å². The zero-order chi connectivity index (χ0) is 24.9. The molecule has 1 N–H and O–H groups in total. The molecule has 8 nitrogen and oxygen atoms in total. The number of carbonyl (C=O) groups excluding carboxylic acids is 5. The summed E-state index contributed by atoms with van der Waals surface area (Å²) in [6.45, 7) is 0.821. The first-order valence-corrected chi connectivity index (χ1v) is 11.5. The van der Waals surface area contributed by atoms with Crippen LogP contribution in [0.1, 0.15) is 35.7 Å². The number of nitrogens with one attached hydrogen (secondary N) is 1. The van der Waals surface area contributed by atoms with E-state index in [0.29, 0.717) is 24.1 Å². The van der Waals surface area contributed by atoms with Crippen molar-refractivity contribution in [1.82, 2.24) is 4.90 Å². The number of hydrogen-bond acceptors (Lipinski definition) is 6. The van der Waals surface area contributed by atoms with Gasteiger partial charge in [0.1, 0.15) is 6.04 Å². The number of ether oxygens (including phenoxy) is 1. The molecule has 1 fully saturated rings. The number of anilines is 1. The molecule has 1 aliphatic heterocycles. The molecule has 0 bridgehead atoms. The van der Waals surface area contributed by atoms with Crippen molar-refractivity contribution >= 4 is 35.2 Å². The number of allylic oxidation sites excluding steroid dienone is 2. The Hall–Kier alpha value is -4.07. The molecule has 0 aromatic heterocycles. The molecule has 3 amide bonds. The fourth-order valence-electron chi connectivity index (χ4n) is 4.50. The van der Waals surface area contributed by atoms with Crippen LogP contribution in [0.5, 0.6) is 0 Å². The molecule has 2 aromatic carbocycles. The van der Waals surface area contributed by atoms with Crippen molar-refractivity contribution in [1.29, 1.82) is 0 Å². The van der Waals surface area contributed by atoms with Crippen molar-refractivity contribution in [3.63, 3.8) is 0 Å². The summed E-state index contributed by atoms with van der Waals surface area (Å²) in [5.74, 6) is -3.29. The van der Waals surface area contributed by atoms with Gasteiger partial charge in [-0.1, -0.05) is 54.6 Å². The molecular weight excluding hydrogens is 448 g/mol. The van der Waals surface area contributed by atoms with Gasteiger partial charge < -0.3 is 10.1 Å². The summed E-state index contributed by atoms with van der Waals surface area (Å²) < 4.78 is 5.27. The van der Waals surface area contributed by atoms with Crippen LogP contribution in [0.2, 0.25) is 0 Å². The van der Waals surface area contributed by atoms with E-state index in [-0.39, 0.29) is 24.0 Å². The maximum atomic E-state index is 13.1. The molecule has 35 heavy (non-hydrogen) atoms. The van der Waals surface area contributed by atoms with E-state index in [1.165, 1.54) is 13.0 Å². The topological polar surface area (TPSA) is 110 Å². The maximum absolute atomic E-state index is 13.1. The Labute approximate surface area is 202 Å². The van der Waals surface area contributed by atoms with Crippen molar-refractivity contribution in [3.05, 3.63) is 77.9 Å². The number of imide groups is 1. The van der Waals surface area contributed by atoms with Crippen molar-refractivity contribution in [2.45, 2.75) is 32.2 Å². The maximum Gasteiger partial charge on any atom is 0.330 e. The van der Waals surface area contributed by atoms with Gasteiger partial charge in [0.2, 0.25) is 11.8 Å². The second-order valence-corrected chi connectivity index (χ2v) is 8.70. The number of Topliss-reactive ketones (excluding diaryl/α,β-unsaturated/α-hetero) is 1. The summed E-state index contributed by atoms with van der Waals surface area (Å²) in [5, 5.41) is 2.58. The van der Waals surface area contributed by atoms with Crippen molar-refractivity contribution < 1.29 is 28.7 Å². The smallest absolute Gasteiger partial charge is 0.330 e. The van der Waals surface area contributed by atoms with Gasteiger partial charge in [0.25, 0.3) is 5.91 Å². The van der Waals surface area contributed by atoms with Gasteiger partial charge in [-0.05, 0) is 37.5 Å². The largest absolute Gasteiger partial charge is 0.454 e. The summed E-state index contributed by atoms with van der Waals surface area (Å²) in [4.78, 5) is 64.3. The molecule has 2 aliphatic rings. The first kappa shape index (κ1) is 24.1. The fraction of sp³-hybridized carbons (Fsp3) is 0.296. The molecule has 1 aliphatic carbocycles. The summed E-state index contributed by atoms with van der Waals surface area (Å²) in [6, 6.07) is 14.3. The lowest BCUT2D eigenvalue weighted by Gasteiger charge is -2.25. The number of ketones is 1. The minimum atomic E-state index is -1.17. The molecule has 180 valence electrons. The number of carbonyl (C=O) groups is 5. The van der Waals surface area contributed by atoms with Crippen LogP contribution in [0.4, 0.5) is 5.69 Å². The lowest BCUT2D eigenvalue weighted by atomic mass is 9.85. The van der Waals surface area contributed by atoms with E-state index in [2.05, 4.69) is 5.32 Å². The van der Waals surface area contributed by atoms with E-state index in [9.17, 15) is 24.0 Å². The average Bonchev–Trinajstić information content (AvgIpc) is 3.11. The Balaban J connectivity index is 1.47. The van der Waals surface area contributed by atoms with Gasteiger partial charge >= 0.3 is 5.97 Å². The van der Waals surface area contributed by atoms with Crippen LogP contribution < -0.4 is 5.32 Å². The Kier molecular flexibility index (Phi) is 7.19.